The standard InChI is InChI=1S/C16H32N2/c1-13-5-9-15(10-6-13)18(4)12-16(2,3)11-17-14-7-8-14/h13-15,17H,5-12H2,1-4H3. The van der Waals surface area contributed by atoms with Crippen molar-refractivity contribution in [3.05, 3.63) is 0 Å². The first-order valence-electron chi connectivity index (χ1n) is 7.90. The molecule has 0 bridgehead atoms. The molecule has 0 heterocycles. The smallest absolute Gasteiger partial charge is 0.00926 e. The van der Waals surface area contributed by atoms with Crippen LogP contribution in [0.3, 0.4) is 0 Å². The Balaban J connectivity index is 1.72. The third-order valence-corrected chi connectivity index (χ3v) is 4.73. The van der Waals surface area contributed by atoms with E-state index in [9.17, 15) is 0 Å². The van der Waals surface area contributed by atoms with E-state index in [4.69, 9.17) is 0 Å². The average Bonchev–Trinajstić information content (AvgIpc) is 3.10. The second-order valence-corrected chi connectivity index (χ2v) is 7.65. The molecule has 2 heteroatoms. The van der Waals surface area contributed by atoms with Crippen LogP contribution in [0.5, 0.6) is 0 Å². The Bertz CT molecular complexity index is 250. The Morgan fingerprint density at radius 2 is 1.67 bits per heavy atom. The van der Waals surface area contributed by atoms with Crippen molar-refractivity contribution in [1.82, 2.24) is 10.2 Å². The zero-order valence-electron chi connectivity index (χ0n) is 12.8. The van der Waals surface area contributed by atoms with Crippen molar-refractivity contribution >= 4 is 0 Å². The van der Waals surface area contributed by atoms with E-state index in [-0.39, 0.29) is 0 Å². The highest BCUT2D eigenvalue weighted by atomic mass is 15.1. The Morgan fingerprint density at radius 3 is 2.22 bits per heavy atom. The van der Waals surface area contributed by atoms with Gasteiger partial charge in [-0.3, -0.25) is 0 Å². The van der Waals surface area contributed by atoms with Crippen molar-refractivity contribution in [2.45, 2.75) is 71.4 Å². The molecule has 2 nitrogen and oxygen atoms in total. The number of nitrogens with zero attached hydrogens (tertiary/aromatic N) is 1. The molecule has 2 fully saturated rings. The minimum atomic E-state index is 0.403. The van der Waals surface area contributed by atoms with Crippen LogP contribution in [0.25, 0.3) is 0 Å². The maximum atomic E-state index is 3.69. The van der Waals surface area contributed by atoms with E-state index in [1.54, 1.807) is 0 Å². The summed E-state index contributed by atoms with van der Waals surface area (Å²) in [6.07, 6.45) is 8.46. The van der Waals surface area contributed by atoms with Crippen molar-refractivity contribution < 1.29 is 0 Å². The van der Waals surface area contributed by atoms with Crippen molar-refractivity contribution in [1.29, 1.82) is 0 Å². The van der Waals surface area contributed by atoms with Crippen molar-refractivity contribution in [3.63, 3.8) is 0 Å². The zero-order valence-corrected chi connectivity index (χ0v) is 12.8. The van der Waals surface area contributed by atoms with E-state index in [0.29, 0.717) is 5.41 Å². The Morgan fingerprint density at radius 1 is 1.06 bits per heavy atom. The van der Waals surface area contributed by atoms with Gasteiger partial charge >= 0.3 is 0 Å². The second-order valence-electron chi connectivity index (χ2n) is 7.65. The van der Waals surface area contributed by atoms with Crippen LogP contribution in [0.4, 0.5) is 0 Å². The monoisotopic (exact) mass is 252 g/mol. The fourth-order valence-corrected chi connectivity index (χ4v) is 3.25. The van der Waals surface area contributed by atoms with Crippen LogP contribution in [0.1, 0.15) is 59.3 Å². The number of hydrogen-bond acceptors (Lipinski definition) is 2. The third-order valence-electron chi connectivity index (χ3n) is 4.73. The van der Waals surface area contributed by atoms with E-state index in [0.717, 1.165) is 18.0 Å². The number of nitrogens with one attached hydrogen (secondary N) is 1. The molecule has 18 heavy (non-hydrogen) atoms. The number of hydrogen-bond donors (Lipinski definition) is 1. The largest absolute Gasteiger partial charge is 0.313 e. The van der Waals surface area contributed by atoms with Gasteiger partial charge in [-0.05, 0) is 56.9 Å². The van der Waals surface area contributed by atoms with Crippen molar-refractivity contribution in [2.75, 3.05) is 20.1 Å². The first-order chi connectivity index (χ1) is 8.46. The summed E-state index contributed by atoms with van der Waals surface area (Å²) in [6.45, 7) is 9.62. The van der Waals surface area contributed by atoms with E-state index in [1.165, 1.54) is 51.6 Å². The predicted molar refractivity (Wildman–Crippen MR) is 78.9 cm³/mol. The lowest BCUT2D eigenvalue weighted by molar-refractivity contribution is 0.119. The van der Waals surface area contributed by atoms with E-state index in [2.05, 4.69) is 38.0 Å². The molecular weight excluding hydrogens is 220 g/mol. The molecule has 0 atom stereocenters. The van der Waals surface area contributed by atoms with Gasteiger partial charge in [0.2, 0.25) is 0 Å². The van der Waals surface area contributed by atoms with Gasteiger partial charge in [0.05, 0.1) is 0 Å². The van der Waals surface area contributed by atoms with Crippen LogP contribution in [0.2, 0.25) is 0 Å². The van der Waals surface area contributed by atoms with Gasteiger partial charge in [-0.2, -0.15) is 0 Å². The Hall–Kier alpha value is -0.0800. The normalized spacial score (nSPS) is 29.8. The van der Waals surface area contributed by atoms with Crippen molar-refractivity contribution in [3.8, 4) is 0 Å². The quantitative estimate of drug-likeness (QED) is 0.780. The molecule has 0 radical (unpaired) electrons. The molecular formula is C16H32N2. The maximum Gasteiger partial charge on any atom is 0.00926 e. The molecule has 2 aliphatic rings. The van der Waals surface area contributed by atoms with Crippen LogP contribution >= 0.6 is 0 Å². The molecule has 0 unspecified atom stereocenters. The molecule has 0 amide bonds. The molecule has 1 N–H and O–H groups in total. The summed E-state index contributed by atoms with van der Waals surface area (Å²) >= 11 is 0. The maximum absolute atomic E-state index is 3.69. The Labute approximate surface area is 114 Å². The summed E-state index contributed by atoms with van der Waals surface area (Å²) in [5.74, 6) is 0.958. The zero-order chi connectivity index (χ0) is 13.2. The van der Waals surface area contributed by atoms with Gasteiger partial charge in [0, 0.05) is 25.2 Å². The van der Waals surface area contributed by atoms with Gasteiger partial charge in [-0.25, -0.2) is 0 Å². The van der Waals surface area contributed by atoms with Crippen LogP contribution in [0, 0.1) is 11.3 Å². The highest BCUT2D eigenvalue weighted by molar-refractivity contribution is 4.86. The average molecular weight is 252 g/mol. The summed E-state index contributed by atoms with van der Waals surface area (Å²) in [5.41, 5.74) is 0.403. The van der Waals surface area contributed by atoms with Gasteiger partial charge in [0.15, 0.2) is 0 Å². The molecule has 0 aromatic rings. The van der Waals surface area contributed by atoms with E-state index in [1.807, 2.05) is 0 Å². The predicted octanol–water partition coefficient (Wildman–Crippen LogP) is 3.28. The molecule has 2 saturated carbocycles. The van der Waals surface area contributed by atoms with Gasteiger partial charge in [0.25, 0.3) is 0 Å². The van der Waals surface area contributed by atoms with Crippen molar-refractivity contribution in [2.24, 2.45) is 11.3 Å². The van der Waals surface area contributed by atoms with E-state index < -0.39 is 0 Å². The summed E-state index contributed by atoms with van der Waals surface area (Å²) in [6, 6.07) is 1.67. The van der Waals surface area contributed by atoms with Crippen LogP contribution < -0.4 is 5.32 Å². The van der Waals surface area contributed by atoms with Gasteiger partial charge < -0.3 is 10.2 Å². The van der Waals surface area contributed by atoms with Crippen LogP contribution in [-0.2, 0) is 0 Å². The lowest BCUT2D eigenvalue weighted by Crippen LogP contribution is -2.44. The third kappa shape index (κ3) is 4.55. The van der Waals surface area contributed by atoms with Gasteiger partial charge in [-0.15, -0.1) is 0 Å². The molecule has 106 valence electrons. The lowest BCUT2D eigenvalue weighted by atomic mass is 9.85. The summed E-state index contributed by atoms with van der Waals surface area (Å²) in [4.78, 5) is 2.63. The highest BCUT2D eigenvalue weighted by Gasteiger charge is 2.29. The van der Waals surface area contributed by atoms with Crippen LogP contribution in [0.15, 0.2) is 0 Å². The molecule has 0 aliphatic heterocycles. The molecule has 0 spiro atoms. The summed E-state index contributed by atoms with van der Waals surface area (Å²) in [7, 11) is 2.33. The van der Waals surface area contributed by atoms with Gasteiger partial charge in [0.1, 0.15) is 0 Å². The van der Waals surface area contributed by atoms with Crippen LogP contribution in [-0.4, -0.2) is 37.1 Å². The molecule has 2 aliphatic carbocycles. The molecule has 0 aromatic heterocycles. The van der Waals surface area contributed by atoms with Gasteiger partial charge in [-0.1, -0.05) is 20.8 Å². The minimum Gasteiger partial charge on any atom is -0.313 e. The first kappa shape index (κ1) is 14.3. The SMILES string of the molecule is CC1CCC(N(C)CC(C)(C)CNC2CC2)CC1. The summed E-state index contributed by atoms with van der Waals surface area (Å²) < 4.78 is 0. The topological polar surface area (TPSA) is 15.3 Å². The van der Waals surface area contributed by atoms with E-state index >= 15 is 0 Å². The minimum absolute atomic E-state index is 0.403. The molecule has 0 aromatic carbocycles. The fraction of sp³-hybridized carbons (Fsp3) is 1.00. The fourth-order valence-electron chi connectivity index (χ4n) is 3.25. The Kier molecular flexibility index (Phi) is 4.71. The molecule has 2 rings (SSSR count). The second kappa shape index (κ2) is 5.92. The lowest BCUT2D eigenvalue weighted by Gasteiger charge is -2.38. The summed E-state index contributed by atoms with van der Waals surface area (Å²) in [5, 5.41) is 3.69. The molecule has 0 saturated heterocycles. The highest BCUT2D eigenvalue weighted by Crippen LogP contribution is 2.28. The first-order valence-corrected chi connectivity index (χ1v) is 7.90. The number of rotatable bonds is 6.